The van der Waals surface area contributed by atoms with Crippen LogP contribution in [-0.2, 0) is 0 Å². The molecule has 1 heterocycles. The number of hydrogen-bond acceptors (Lipinski definition) is 2. The quantitative estimate of drug-likeness (QED) is 0.772. The molecule has 21 heavy (non-hydrogen) atoms. The fourth-order valence-corrected chi connectivity index (χ4v) is 2.23. The zero-order valence-electron chi connectivity index (χ0n) is 11.3. The van der Waals surface area contributed by atoms with Gasteiger partial charge in [-0.3, -0.25) is 4.79 Å². The van der Waals surface area contributed by atoms with Crippen LogP contribution in [0.4, 0.5) is 10.1 Å². The van der Waals surface area contributed by atoms with Crippen molar-refractivity contribution in [2.45, 2.75) is 0 Å². The van der Waals surface area contributed by atoms with Crippen LogP contribution in [0.3, 0.4) is 0 Å². The number of carbonyl (C=O) groups is 1. The SMILES string of the molecule is COc1cc(F)ccc1NC(=O)c1cccc2cc[nH]c12. The summed E-state index contributed by atoms with van der Waals surface area (Å²) in [5, 5.41) is 3.69. The first kappa shape index (κ1) is 13.2. The monoisotopic (exact) mass is 284 g/mol. The van der Waals surface area contributed by atoms with Crippen molar-refractivity contribution in [2.24, 2.45) is 0 Å². The number of amides is 1. The molecular weight excluding hydrogens is 271 g/mol. The third kappa shape index (κ3) is 2.45. The first-order valence-corrected chi connectivity index (χ1v) is 6.40. The molecule has 0 radical (unpaired) electrons. The third-order valence-corrected chi connectivity index (χ3v) is 3.24. The smallest absolute Gasteiger partial charge is 0.257 e. The van der Waals surface area contributed by atoms with E-state index in [2.05, 4.69) is 10.3 Å². The number of ether oxygens (including phenoxy) is 1. The predicted octanol–water partition coefficient (Wildman–Crippen LogP) is 3.57. The van der Waals surface area contributed by atoms with Crippen molar-refractivity contribution in [3.63, 3.8) is 0 Å². The Balaban J connectivity index is 1.95. The summed E-state index contributed by atoms with van der Waals surface area (Å²) in [6, 6.07) is 11.3. The molecule has 0 bridgehead atoms. The fraction of sp³-hybridized carbons (Fsp3) is 0.0625. The van der Waals surface area contributed by atoms with Crippen LogP contribution in [0, 0.1) is 5.82 Å². The van der Waals surface area contributed by atoms with Crippen molar-refractivity contribution in [3.05, 3.63) is 60.0 Å². The highest BCUT2D eigenvalue weighted by Gasteiger charge is 2.13. The molecule has 0 aliphatic rings. The molecule has 1 aromatic heterocycles. The number of carbonyl (C=O) groups excluding carboxylic acids is 1. The number of aromatic amines is 1. The van der Waals surface area contributed by atoms with Crippen molar-refractivity contribution in [1.29, 1.82) is 0 Å². The van der Waals surface area contributed by atoms with E-state index in [0.717, 1.165) is 10.9 Å². The van der Waals surface area contributed by atoms with Gasteiger partial charge in [0.2, 0.25) is 0 Å². The minimum absolute atomic E-state index is 0.280. The number of anilines is 1. The van der Waals surface area contributed by atoms with E-state index in [4.69, 9.17) is 4.74 Å². The second-order valence-electron chi connectivity index (χ2n) is 4.55. The molecular formula is C16H13FN2O2. The fourth-order valence-electron chi connectivity index (χ4n) is 2.23. The molecule has 0 unspecified atom stereocenters. The van der Waals surface area contributed by atoms with Gasteiger partial charge in [0, 0.05) is 17.6 Å². The number of halogens is 1. The molecule has 2 aromatic carbocycles. The summed E-state index contributed by atoms with van der Waals surface area (Å²) in [7, 11) is 1.43. The van der Waals surface area contributed by atoms with E-state index in [1.165, 1.54) is 25.3 Å². The van der Waals surface area contributed by atoms with Gasteiger partial charge in [0.1, 0.15) is 11.6 Å². The van der Waals surface area contributed by atoms with Crippen molar-refractivity contribution < 1.29 is 13.9 Å². The summed E-state index contributed by atoms with van der Waals surface area (Å²) >= 11 is 0. The van der Waals surface area contributed by atoms with E-state index in [9.17, 15) is 9.18 Å². The number of methoxy groups -OCH3 is 1. The summed E-state index contributed by atoms with van der Waals surface area (Å²) in [6.45, 7) is 0. The Hall–Kier alpha value is -2.82. The van der Waals surface area contributed by atoms with Crippen LogP contribution in [0.15, 0.2) is 48.7 Å². The lowest BCUT2D eigenvalue weighted by Crippen LogP contribution is -2.13. The van der Waals surface area contributed by atoms with Crippen LogP contribution >= 0.6 is 0 Å². The Kier molecular flexibility index (Phi) is 3.31. The van der Waals surface area contributed by atoms with Gasteiger partial charge in [-0.1, -0.05) is 12.1 Å². The molecule has 1 amide bonds. The number of nitrogens with one attached hydrogen (secondary N) is 2. The van der Waals surface area contributed by atoms with Crippen LogP contribution in [0.1, 0.15) is 10.4 Å². The first-order valence-electron chi connectivity index (χ1n) is 6.40. The lowest BCUT2D eigenvalue weighted by molar-refractivity contribution is 0.102. The molecule has 4 nitrogen and oxygen atoms in total. The average molecular weight is 284 g/mol. The Morgan fingerprint density at radius 1 is 1.24 bits per heavy atom. The van der Waals surface area contributed by atoms with Crippen molar-refractivity contribution in [3.8, 4) is 5.75 Å². The molecule has 2 N–H and O–H groups in total. The minimum atomic E-state index is -0.420. The topological polar surface area (TPSA) is 54.1 Å². The molecule has 0 fully saturated rings. The Morgan fingerprint density at radius 2 is 2.10 bits per heavy atom. The number of H-pyrrole nitrogens is 1. The summed E-state index contributed by atoms with van der Waals surface area (Å²) in [5.74, 6) is -0.425. The molecule has 3 rings (SSSR count). The highest BCUT2D eigenvalue weighted by atomic mass is 19.1. The second-order valence-corrected chi connectivity index (χ2v) is 4.55. The molecule has 3 aromatic rings. The maximum atomic E-state index is 13.2. The largest absolute Gasteiger partial charge is 0.494 e. The highest BCUT2D eigenvalue weighted by molar-refractivity contribution is 6.12. The van der Waals surface area contributed by atoms with Gasteiger partial charge >= 0.3 is 0 Å². The molecule has 0 saturated heterocycles. The van der Waals surface area contributed by atoms with Crippen molar-refractivity contribution in [1.82, 2.24) is 4.98 Å². The number of rotatable bonds is 3. The van der Waals surface area contributed by atoms with Gasteiger partial charge in [-0.05, 0) is 24.3 Å². The summed E-state index contributed by atoms with van der Waals surface area (Å²) in [5.41, 5.74) is 1.70. The first-order chi connectivity index (χ1) is 10.2. The molecule has 0 aliphatic carbocycles. The average Bonchev–Trinajstić information content (AvgIpc) is 2.97. The van der Waals surface area contributed by atoms with Gasteiger partial charge in [-0.15, -0.1) is 0 Å². The second kappa shape index (κ2) is 5.28. The molecule has 106 valence electrons. The number of fused-ring (bicyclic) bond motifs is 1. The Labute approximate surface area is 120 Å². The number of hydrogen-bond donors (Lipinski definition) is 2. The third-order valence-electron chi connectivity index (χ3n) is 3.24. The van der Waals surface area contributed by atoms with Gasteiger partial charge in [0.25, 0.3) is 5.91 Å². The lowest BCUT2D eigenvalue weighted by Gasteiger charge is -2.10. The van der Waals surface area contributed by atoms with Crippen LogP contribution in [-0.4, -0.2) is 18.0 Å². The zero-order chi connectivity index (χ0) is 14.8. The Morgan fingerprint density at radius 3 is 2.90 bits per heavy atom. The zero-order valence-corrected chi connectivity index (χ0v) is 11.3. The number of para-hydroxylation sites is 1. The van der Waals surface area contributed by atoms with E-state index < -0.39 is 5.82 Å². The van der Waals surface area contributed by atoms with Crippen molar-refractivity contribution in [2.75, 3.05) is 12.4 Å². The van der Waals surface area contributed by atoms with E-state index in [1.54, 1.807) is 12.3 Å². The summed E-state index contributed by atoms with van der Waals surface area (Å²) < 4.78 is 18.2. The van der Waals surface area contributed by atoms with Gasteiger partial charge in [-0.25, -0.2) is 4.39 Å². The molecule has 0 saturated carbocycles. The maximum absolute atomic E-state index is 13.2. The normalized spacial score (nSPS) is 10.6. The van der Waals surface area contributed by atoms with E-state index in [0.29, 0.717) is 11.3 Å². The van der Waals surface area contributed by atoms with Crippen LogP contribution in [0.2, 0.25) is 0 Å². The van der Waals surface area contributed by atoms with E-state index >= 15 is 0 Å². The van der Waals surface area contributed by atoms with Crippen LogP contribution in [0.5, 0.6) is 5.75 Å². The van der Waals surface area contributed by atoms with Crippen LogP contribution < -0.4 is 10.1 Å². The molecule has 5 heteroatoms. The summed E-state index contributed by atoms with van der Waals surface area (Å²) in [4.78, 5) is 15.4. The standard InChI is InChI=1S/C16H13FN2O2/c1-21-14-9-11(17)5-6-13(14)19-16(20)12-4-2-3-10-7-8-18-15(10)12/h2-9,18H,1H3,(H,19,20). The predicted molar refractivity (Wildman–Crippen MR) is 79.2 cm³/mol. The van der Waals surface area contributed by atoms with E-state index in [-0.39, 0.29) is 11.7 Å². The summed E-state index contributed by atoms with van der Waals surface area (Å²) in [6.07, 6.45) is 1.78. The number of benzene rings is 2. The van der Waals surface area contributed by atoms with Gasteiger partial charge < -0.3 is 15.0 Å². The Bertz CT molecular complexity index is 811. The maximum Gasteiger partial charge on any atom is 0.257 e. The van der Waals surface area contributed by atoms with Crippen LogP contribution in [0.25, 0.3) is 10.9 Å². The highest BCUT2D eigenvalue weighted by Crippen LogP contribution is 2.26. The minimum Gasteiger partial charge on any atom is -0.494 e. The molecule has 0 aliphatic heterocycles. The van der Waals surface area contributed by atoms with Gasteiger partial charge in [-0.2, -0.15) is 0 Å². The number of aromatic nitrogens is 1. The van der Waals surface area contributed by atoms with Gasteiger partial charge in [0.05, 0.1) is 23.9 Å². The lowest BCUT2D eigenvalue weighted by atomic mass is 10.1. The van der Waals surface area contributed by atoms with E-state index in [1.807, 2.05) is 18.2 Å². The molecule has 0 atom stereocenters. The van der Waals surface area contributed by atoms with Gasteiger partial charge in [0.15, 0.2) is 0 Å². The van der Waals surface area contributed by atoms with Crippen molar-refractivity contribution >= 4 is 22.5 Å². The molecule has 0 spiro atoms.